The number of aliphatic hydroxyl groups excluding tert-OH is 1. The van der Waals surface area contributed by atoms with Crippen LogP contribution in [0.5, 0.6) is 0 Å². The van der Waals surface area contributed by atoms with Crippen LogP contribution in [0.1, 0.15) is 24.8 Å². The maximum absolute atomic E-state index is 10.1. The first-order valence-electron chi connectivity index (χ1n) is 7.10. The van der Waals surface area contributed by atoms with Gasteiger partial charge in [0.2, 0.25) is 0 Å². The molecule has 1 saturated carbocycles. The monoisotopic (exact) mass is 315 g/mol. The predicted molar refractivity (Wildman–Crippen MR) is 80.2 cm³/mol. The van der Waals surface area contributed by atoms with E-state index in [1.54, 1.807) is 6.07 Å². The lowest BCUT2D eigenvalue weighted by molar-refractivity contribution is -0.118. The molecule has 1 heterocycles. The van der Waals surface area contributed by atoms with Gasteiger partial charge in [-0.3, -0.25) is 0 Å². The molecule has 1 aliphatic carbocycles. The number of aliphatic hydroxyl groups is 1. The van der Waals surface area contributed by atoms with Crippen molar-refractivity contribution in [2.24, 2.45) is 5.92 Å². The van der Waals surface area contributed by atoms with Gasteiger partial charge in [0, 0.05) is 28.5 Å². The van der Waals surface area contributed by atoms with Crippen LogP contribution in [0.2, 0.25) is 10.0 Å². The highest BCUT2D eigenvalue weighted by Gasteiger charge is 2.39. The maximum atomic E-state index is 10.1. The Hall–Kier alpha value is -0.320. The summed E-state index contributed by atoms with van der Waals surface area (Å²) < 4.78 is 5.59. The molecule has 0 spiro atoms. The summed E-state index contributed by atoms with van der Waals surface area (Å²) in [5.41, 5.74) is 1.08. The molecule has 2 fully saturated rings. The van der Waals surface area contributed by atoms with Crippen LogP contribution in [0.4, 0.5) is 0 Å². The third-order valence-corrected chi connectivity index (χ3v) is 4.78. The highest BCUT2D eigenvalue weighted by atomic mass is 35.5. The number of halogens is 2. The minimum atomic E-state index is -0.355. The maximum Gasteiger partial charge on any atom is 0.0817 e. The van der Waals surface area contributed by atoms with E-state index in [9.17, 15) is 5.11 Å². The van der Waals surface area contributed by atoms with Crippen molar-refractivity contribution in [1.82, 2.24) is 5.32 Å². The smallest absolute Gasteiger partial charge is 0.0817 e. The minimum Gasteiger partial charge on any atom is -0.390 e. The molecule has 0 radical (unpaired) electrons. The molecule has 1 aliphatic heterocycles. The topological polar surface area (TPSA) is 41.5 Å². The number of ether oxygens (including phenoxy) is 1. The zero-order valence-electron chi connectivity index (χ0n) is 11.2. The molecule has 20 heavy (non-hydrogen) atoms. The summed E-state index contributed by atoms with van der Waals surface area (Å²) in [6, 6.07) is 5.92. The van der Waals surface area contributed by atoms with Crippen LogP contribution >= 0.6 is 23.2 Å². The van der Waals surface area contributed by atoms with Crippen LogP contribution in [-0.4, -0.2) is 30.0 Å². The Labute approximate surface area is 129 Å². The van der Waals surface area contributed by atoms with Gasteiger partial charge in [0.05, 0.1) is 18.8 Å². The van der Waals surface area contributed by atoms with Crippen molar-refractivity contribution < 1.29 is 9.84 Å². The zero-order chi connectivity index (χ0) is 14.1. The molecule has 4 atom stereocenters. The van der Waals surface area contributed by atoms with Crippen molar-refractivity contribution in [2.75, 3.05) is 6.61 Å². The average Bonchev–Trinajstić information content (AvgIpc) is 2.41. The van der Waals surface area contributed by atoms with E-state index in [2.05, 4.69) is 5.32 Å². The molecular formula is C15H19Cl2NO2. The second-order valence-electron chi connectivity index (χ2n) is 5.76. The number of rotatable bonds is 3. The first kappa shape index (κ1) is 14.6. The summed E-state index contributed by atoms with van der Waals surface area (Å²) >= 11 is 12.0. The summed E-state index contributed by atoms with van der Waals surface area (Å²) in [4.78, 5) is 0. The lowest BCUT2D eigenvalue weighted by Gasteiger charge is -2.43. The van der Waals surface area contributed by atoms with Gasteiger partial charge in [-0.15, -0.1) is 0 Å². The second kappa shape index (κ2) is 6.20. The molecule has 110 valence electrons. The van der Waals surface area contributed by atoms with Crippen LogP contribution in [0.3, 0.4) is 0 Å². The van der Waals surface area contributed by atoms with Crippen LogP contribution < -0.4 is 5.32 Å². The Morgan fingerprint density at radius 1 is 1.20 bits per heavy atom. The number of hydrogen-bond acceptors (Lipinski definition) is 3. The molecule has 1 aromatic rings. The molecule has 0 aromatic heterocycles. The summed E-state index contributed by atoms with van der Waals surface area (Å²) in [6.45, 7) is 1.19. The number of hydrogen-bond donors (Lipinski definition) is 2. The summed E-state index contributed by atoms with van der Waals surface area (Å²) in [5.74, 6) is 0.289. The van der Waals surface area contributed by atoms with E-state index < -0.39 is 0 Å². The SMILES string of the molecule is O[C@H]1CO[C@@H]2CC[C@@H](NCc3cc(Cl)cc(Cl)c3)[C@@H]1C2. The molecule has 3 rings (SSSR count). The number of nitrogens with one attached hydrogen (secondary N) is 1. The Morgan fingerprint density at radius 3 is 2.70 bits per heavy atom. The molecule has 1 saturated heterocycles. The third-order valence-electron chi connectivity index (χ3n) is 4.34. The van der Waals surface area contributed by atoms with E-state index in [1.165, 1.54) is 0 Å². The predicted octanol–water partition coefficient (Wildman–Crippen LogP) is 3.01. The van der Waals surface area contributed by atoms with Gasteiger partial charge >= 0.3 is 0 Å². The zero-order valence-corrected chi connectivity index (χ0v) is 12.7. The first-order valence-corrected chi connectivity index (χ1v) is 7.85. The summed E-state index contributed by atoms with van der Waals surface area (Å²) in [6.07, 6.45) is 3.04. The summed E-state index contributed by atoms with van der Waals surface area (Å²) in [5, 5.41) is 14.9. The minimum absolute atomic E-state index is 0.289. The Balaban J connectivity index is 1.62. The molecule has 2 N–H and O–H groups in total. The second-order valence-corrected chi connectivity index (χ2v) is 6.64. The van der Waals surface area contributed by atoms with Crippen LogP contribution in [-0.2, 0) is 11.3 Å². The van der Waals surface area contributed by atoms with Gasteiger partial charge in [0.15, 0.2) is 0 Å². The third kappa shape index (κ3) is 3.29. The highest BCUT2D eigenvalue weighted by molar-refractivity contribution is 6.34. The van der Waals surface area contributed by atoms with E-state index in [4.69, 9.17) is 27.9 Å². The quantitative estimate of drug-likeness (QED) is 0.901. The van der Waals surface area contributed by atoms with Gasteiger partial charge in [0.25, 0.3) is 0 Å². The lowest BCUT2D eigenvalue weighted by Crippen LogP contribution is -2.52. The lowest BCUT2D eigenvalue weighted by atomic mass is 9.78. The van der Waals surface area contributed by atoms with Gasteiger partial charge in [-0.25, -0.2) is 0 Å². The molecule has 2 bridgehead atoms. The molecule has 0 amide bonds. The van der Waals surface area contributed by atoms with Crippen molar-refractivity contribution in [3.8, 4) is 0 Å². The van der Waals surface area contributed by atoms with Crippen LogP contribution in [0.15, 0.2) is 18.2 Å². The van der Waals surface area contributed by atoms with Crippen LogP contribution in [0, 0.1) is 5.92 Å². The highest BCUT2D eigenvalue weighted by Crippen LogP contribution is 2.33. The van der Waals surface area contributed by atoms with E-state index in [1.807, 2.05) is 12.1 Å². The van der Waals surface area contributed by atoms with Crippen molar-refractivity contribution >= 4 is 23.2 Å². The molecule has 0 unspecified atom stereocenters. The van der Waals surface area contributed by atoms with E-state index in [0.29, 0.717) is 28.8 Å². The largest absolute Gasteiger partial charge is 0.390 e. The van der Waals surface area contributed by atoms with Crippen molar-refractivity contribution in [3.63, 3.8) is 0 Å². The van der Waals surface area contributed by atoms with E-state index in [-0.39, 0.29) is 12.0 Å². The molecular weight excluding hydrogens is 297 g/mol. The van der Waals surface area contributed by atoms with E-state index in [0.717, 1.165) is 31.4 Å². The Kier molecular flexibility index (Phi) is 4.53. The van der Waals surface area contributed by atoms with Crippen LogP contribution in [0.25, 0.3) is 0 Å². The molecule has 5 heteroatoms. The Bertz CT molecular complexity index is 463. The van der Waals surface area contributed by atoms with Crippen molar-refractivity contribution in [1.29, 1.82) is 0 Å². The molecule has 1 aromatic carbocycles. The normalized spacial score (nSPS) is 33.1. The van der Waals surface area contributed by atoms with Gasteiger partial charge in [-0.2, -0.15) is 0 Å². The fraction of sp³-hybridized carbons (Fsp3) is 0.600. The van der Waals surface area contributed by atoms with E-state index >= 15 is 0 Å². The van der Waals surface area contributed by atoms with Gasteiger partial charge < -0.3 is 15.2 Å². The standard InChI is InChI=1S/C15H19Cl2NO2/c16-10-3-9(4-11(17)5-10)7-18-14-2-1-12-6-13(14)15(19)8-20-12/h3-5,12-15,18-19H,1-2,6-8H2/t12-,13+,14-,15+/m1/s1. The fourth-order valence-electron chi connectivity index (χ4n) is 3.32. The van der Waals surface area contributed by atoms with Gasteiger partial charge in [-0.1, -0.05) is 23.2 Å². The molecule has 3 nitrogen and oxygen atoms in total. The number of benzene rings is 1. The van der Waals surface area contributed by atoms with Crippen molar-refractivity contribution in [2.45, 2.75) is 44.1 Å². The van der Waals surface area contributed by atoms with Gasteiger partial charge in [-0.05, 0) is 43.0 Å². The average molecular weight is 316 g/mol. The number of fused-ring (bicyclic) bond motifs is 2. The summed E-state index contributed by atoms with van der Waals surface area (Å²) in [7, 11) is 0. The molecule has 2 aliphatic rings. The van der Waals surface area contributed by atoms with Gasteiger partial charge in [0.1, 0.15) is 0 Å². The van der Waals surface area contributed by atoms with Crippen molar-refractivity contribution in [3.05, 3.63) is 33.8 Å². The fourth-order valence-corrected chi connectivity index (χ4v) is 3.89. The first-order chi connectivity index (χ1) is 9.61. The Morgan fingerprint density at radius 2 is 1.95 bits per heavy atom.